The van der Waals surface area contributed by atoms with E-state index >= 15 is 0 Å². The molecule has 1 aliphatic carbocycles. The fourth-order valence-electron chi connectivity index (χ4n) is 1.86. The van der Waals surface area contributed by atoms with Gasteiger partial charge in [0.25, 0.3) is 0 Å². The van der Waals surface area contributed by atoms with Crippen LogP contribution in [0.5, 0.6) is 0 Å². The monoisotopic (exact) mass is 252 g/mol. The van der Waals surface area contributed by atoms with E-state index in [0.29, 0.717) is 5.25 Å². The summed E-state index contributed by atoms with van der Waals surface area (Å²) in [5, 5.41) is 10.3. The summed E-state index contributed by atoms with van der Waals surface area (Å²) >= 11 is 3.62. The van der Waals surface area contributed by atoms with Crippen molar-refractivity contribution in [1.82, 2.24) is 0 Å². The van der Waals surface area contributed by atoms with Crippen molar-refractivity contribution >= 4 is 23.5 Å². The SMILES string of the molecule is CSC1=CC(O)CC(Sc2ccccc2)C1. The van der Waals surface area contributed by atoms with E-state index in [4.69, 9.17) is 0 Å². The molecular weight excluding hydrogens is 236 g/mol. The molecule has 0 saturated heterocycles. The molecule has 0 aromatic heterocycles. The number of aliphatic hydroxyl groups excluding tert-OH is 1. The van der Waals surface area contributed by atoms with Gasteiger partial charge < -0.3 is 5.11 Å². The quantitative estimate of drug-likeness (QED) is 0.888. The van der Waals surface area contributed by atoms with Crippen molar-refractivity contribution in [2.24, 2.45) is 0 Å². The molecule has 2 atom stereocenters. The molecule has 0 fully saturated rings. The predicted molar refractivity (Wildman–Crippen MR) is 72.9 cm³/mol. The summed E-state index contributed by atoms with van der Waals surface area (Å²) in [5.74, 6) is 0. The molecule has 0 saturated carbocycles. The third-order valence-corrected chi connectivity index (χ3v) is 4.68. The zero-order valence-corrected chi connectivity index (χ0v) is 10.9. The Balaban J connectivity index is 1.99. The summed E-state index contributed by atoms with van der Waals surface area (Å²) in [6, 6.07) is 10.4. The highest BCUT2D eigenvalue weighted by atomic mass is 32.2. The van der Waals surface area contributed by atoms with Gasteiger partial charge in [0.15, 0.2) is 0 Å². The van der Waals surface area contributed by atoms with Crippen LogP contribution in [0, 0.1) is 0 Å². The number of hydrogen-bond donors (Lipinski definition) is 1. The number of allylic oxidation sites excluding steroid dienone is 1. The number of benzene rings is 1. The highest BCUT2D eigenvalue weighted by Gasteiger charge is 2.21. The van der Waals surface area contributed by atoms with Gasteiger partial charge in [0.1, 0.15) is 0 Å². The maximum atomic E-state index is 9.76. The number of thioether (sulfide) groups is 2. The first-order valence-electron chi connectivity index (χ1n) is 5.42. The second-order valence-electron chi connectivity index (χ2n) is 3.90. The Bertz CT molecular complexity index is 361. The van der Waals surface area contributed by atoms with E-state index in [-0.39, 0.29) is 6.10 Å². The van der Waals surface area contributed by atoms with E-state index in [1.54, 1.807) is 11.8 Å². The van der Waals surface area contributed by atoms with Crippen molar-refractivity contribution in [2.75, 3.05) is 6.26 Å². The molecule has 1 aliphatic rings. The Labute approximate surface area is 105 Å². The Hall–Kier alpha value is -0.380. The lowest BCUT2D eigenvalue weighted by Crippen LogP contribution is -2.19. The summed E-state index contributed by atoms with van der Waals surface area (Å²) in [7, 11) is 0. The molecule has 86 valence electrons. The Morgan fingerprint density at radius 3 is 2.69 bits per heavy atom. The molecule has 2 unspecified atom stereocenters. The largest absolute Gasteiger partial charge is 0.389 e. The van der Waals surface area contributed by atoms with Gasteiger partial charge in [0.2, 0.25) is 0 Å². The van der Waals surface area contributed by atoms with E-state index in [9.17, 15) is 5.11 Å². The van der Waals surface area contributed by atoms with Gasteiger partial charge in [-0.05, 0) is 42.2 Å². The Kier molecular flexibility index (Phi) is 4.38. The summed E-state index contributed by atoms with van der Waals surface area (Å²) in [6.45, 7) is 0. The van der Waals surface area contributed by atoms with Crippen molar-refractivity contribution in [2.45, 2.75) is 29.1 Å². The molecule has 0 aliphatic heterocycles. The fraction of sp³-hybridized carbons (Fsp3) is 0.385. The van der Waals surface area contributed by atoms with Gasteiger partial charge in [-0.3, -0.25) is 0 Å². The molecule has 1 N–H and O–H groups in total. The van der Waals surface area contributed by atoms with Gasteiger partial charge in [-0.1, -0.05) is 18.2 Å². The predicted octanol–water partition coefficient (Wildman–Crippen LogP) is 3.55. The van der Waals surface area contributed by atoms with E-state index < -0.39 is 0 Å². The maximum absolute atomic E-state index is 9.76. The van der Waals surface area contributed by atoms with Crippen molar-refractivity contribution < 1.29 is 5.11 Å². The molecule has 0 radical (unpaired) electrons. The second kappa shape index (κ2) is 5.80. The van der Waals surface area contributed by atoms with Crippen LogP contribution in [0.1, 0.15) is 12.8 Å². The molecule has 3 heteroatoms. The summed E-state index contributed by atoms with van der Waals surface area (Å²) < 4.78 is 0. The van der Waals surface area contributed by atoms with Crippen molar-refractivity contribution in [3.8, 4) is 0 Å². The molecule has 0 amide bonds. The maximum Gasteiger partial charge on any atom is 0.0742 e. The summed E-state index contributed by atoms with van der Waals surface area (Å²) in [6.07, 6.45) is 5.75. The van der Waals surface area contributed by atoms with Crippen LogP contribution in [0.4, 0.5) is 0 Å². The van der Waals surface area contributed by atoms with Crippen LogP contribution in [0.2, 0.25) is 0 Å². The molecule has 1 aromatic carbocycles. The third-order valence-electron chi connectivity index (χ3n) is 2.62. The van der Waals surface area contributed by atoms with Crippen LogP contribution < -0.4 is 0 Å². The first-order chi connectivity index (χ1) is 7.78. The summed E-state index contributed by atoms with van der Waals surface area (Å²) in [4.78, 5) is 2.61. The van der Waals surface area contributed by atoms with Crippen LogP contribution in [0.15, 0.2) is 46.2 Å². The lowest BCUT2D eigenvalue weighted by atomic mass is 10.0. The van der Waals surface area contributed by atoms with E-state index in [0.717, 1.165) is 12.8 Å². The highest BCUT2D eigenvalue weighted by molar-refractivity contribution is 8.02. The molecule has 1 aromatic rings. The van der Waals surface area contributed by atoms with Gasteiger partial charge in [-0.15, -0.1) is 23.5 Å². The smallest absolute Gasteiger partial charge is 0.0742 e. The van der Waals surface area contributed by atoms with Crippen LogP contribution in [-0.2, 0) is 0 Å². The lowest BCUT2D eigenvalue weighted by molar-refractivity contribution is 0.206. The van der Waals surface area contributed by atoms with Crippen LogP contribution in [-0.4, -0.2) is 22.7 Å². The minimum atomic E-state index is -0.266. The number of hydrogen-bond acceptors (Lipinski definition) is 3. The fourth-order valence-corrected chi connectivity index (χ4v) is 3.88. The van der Waals surface area contributed by atoms with Gasteiger partial charge in [-0.25, -0.2) is 0 Å². The first kappa shape index (κ1) is 12.1. The molecule has 2 rings (SSSR count). The van der Waals surface area contributed by atoms with Gasteiger partial charge in [0.05, 0.1) is 6.10 Å². The molecule has 0 heterocycles. The van der Waals surface area contributed by atoms with E-state index in [2.05, 4.69) is 30.5 Å². The van der Waals surface area contributed by atoms with Crippen molar-refractivity contribution in [1.29, 1.82) is 0 Å². The van der Waals surface area contributed by atoms with Crippen LogP contribution >= 0.6 is 23.5 Å². The third kappa shape index (κ3) is 3.30. The number of aliphatic hydroxyl groups is 1. The normalized spacial score (nSPS) is 25.2. The minimum Gasteiger partial charge on any atom is -0.389 e. The highest BCUT2D eigenvalue weighted by Crippen LogP contribution is 2.36. The molecule has 1 nitrogen and oxygen atoms in total. The molecule has 16 heavy (non-hydrogen) atoms. The molecular formula is C13H16OS2. The van der Waals surface area contributed by atoms with Gasteiger partial charge in [-0.2, -0.15) is 0 Å². The average molecular weight is 252 g/mol. The zero-order valence-electron chi connectivity index (χ0n) is 9.30. The Morgan fingerprint density at radius 1 is 1.25 bits per heavy atom. The van der Waals surface area contributed by atoms with Gasteiger partial charge >= 0.3 is 0 Å². The van der Waals surface area contributed by atoms with Crippen molar-refractivity contribution in [3.63, 3.8) is 0 Å². The van der Waals surface area contributed by atoms with Crippen molar-refractivity contribution in [3.05, 3.63) is 41.3 Å². The molecule has 0 spiro atoms. The topological polar surface area (TPSA) is 20.2 Å². The minimum absolute atomic E-state index is 0.266. The Morgan fingerprint density at radius 2 is 2.00 bits per heavy atom. The second-order valence-corrected chi connectivity index (χ2v) is 6.20. The van der Waals surface area contributed by atoms with E-state index in [1.807, 2.05) is 23.9 Å². The standard InChI is InChI=1S/C13H16OS2/c1-15-12-7-10(14)8-13(9-12)16-11-5-3-2-4-6-11/h2-7,10,13-14H,8-9H2,1H3. The van der Waals surface area contributed by atoms with Crippen LogP contribution in [0.25, 0.3) is 0 Å². The van der Waals surface area contributed by atoms with E-state index in [1.165, 1.54) is 9.80 Å². The molecule has 0 bridgehead atoms. The van der Waals surface area contributed by atoms with Crippen LogP contribution in [0.3, 0.4) is 0 Å². The zero-order chi connectivity index (χ0) is 11.4. The lowest BCUT2D eigenvalue weighted by Gasteiger charge is -2.24. The average Bonchev–Trinajstić information content (AvgIpc) is 2.29. The summed E-state index contributed by atoms with van der Waals surface area (Å²) in [5.41, 5.74) is 0. The number of rotatable bonds is 3. The first-order valence-corrected chi connectivity index (χ1v) is 7.53. The van der Waals surface area contributed by atoms with Gasteiger partial charge in [0, 0.05) is 10.1 Å².